The van der Waals surface area contributed by atoms with Crippen molar-refractivity contribution in [2.45, 2.75) is 19.8 Å². The minimum atomic E-state index is -2.50. The van der Waals surface area contributed by atoms with Crippen LogP contribution >= 0.6 is 7.67 Å². The summed E-state index contributed by atoms with van der Waals surface area (Å²) in [6.45, 7) is 6.53. The first kappa shape index (κ1) is 9.66. The largest absolute Gasteiger partial charge is 0.346 e. The minimum absolute atomic E-state index is 0.640. The quantitative estimate of drug-likeness (QED) is 0.373. The smallest absolute Gasteiger partial charge is 0.306 e. The second-order valence-corrected chi connectivity index (χ2v) is 5.96. The lowest BCUT2D eigenvalue weighted by Crippen LogP contribution is -2.08. The van der Waals surface area contributed by atoms with Gasteiger partial charge >= 0.3 is 7.67 Å². The molecule has 0 atom stereocenters. The van der Waals surface area contributed by atoms with E-state index in [4.69, 9.17) is 4.52 Å². The van der Waals surface area contributed by atoms with Crippen LogP contribution in [0, 0.1) is 0 Å². The topological polar surface area (TPSA) is 32.3 Å². The molecule has 0 saturated carbocycles. The maximum absolute atomic E-state index is 12.2. The van der Waals surface area contributed by atoms with E-state index in [9.17, 15) is 4.57 Å². The van der Waals surface area contributed by atoms with Crippen LogP contribution in [0.25, 0.3) is 0 Å². The normalized spacial score (nSPS) is 23.5. The van der Waals surface area contributed by atoms with E-state index in [0.717, 1.165) is 39.0 Å². The molecule has 5 heteroatoms. The summed E-state index contributed by atoms with van der Waals surface area (Å²) in [5.74, 6) is 0. The van der Waals surface area contributed by atoms with Crippen LogP contribution < -0.4 is 0 Å². The van der Waals surface area contributed by atoms with E-state index >= 15 is 0 Å². The summed E-state index contributed by atoms with van der Waals surface area (Å²) in [5, 5.41) is 0. The lowest BCUT2D eigenvalue weighted by atomic mass is 10.4. The van der Waals surface area contributed by atoms with Gasteiger partial charge in [0.25, 0.3) is 0 Å². The molecule has 0 aliphatic carbocycles. The zero-order valence-corrected chi connectivity index (χ0v) is 9.00. The molecule has 0 N–H and O–H groups in total. The first-order chi connectivity index (χ1) is 6.27. The summed E-state index contributed by atoms with van der Waals surface area (Å²) < 4.78 is 21.7. The highest BCUT2D eigenvalue weighted by atomic mass is 31.2. The molecule has 0 spiro atoms. The number of nitrogens with zero attached hydrogens (tertiary/aromatic N) is 2. The van der Waals surface area contributed by atoms with Gasteiger partial charge in [0.15, 0.2) is 0 Å². The molecule has 2 aliphatic rings. The minimum Gasteiger partial charge on any atom is -0.306 e. The molecule has 0 radical (unpaired) electrons. The Morgan fingerprint density at radius 2 is 1.77 bits per heavy atom. The maximum atomic E-state index is 12.2. The van der Waals surface area contributed by atoms with Crippen molar-refractivity contribution in [3.05, 3.63) is 0 Å². The number of rotatable bonds is 6. The molecular weight excluding hydrogens is 187 g/mol. The Hall–Kier alpha value is 0.110. The molecule has 0 aromatic heterocycles. The van der Waals surface area contributed by atoms with Gasteiger partial charge in [0, 0.05) is 26.2 Å². The van der Waals surface area contributed by atoms with Crippen LogP contribution in [-0.4, -0.2) is 42.1 Å². The van der Waals surface area contributed by atoms with E-state index in [1.165, 1.54) is 0 Å². The maximum Gasteiger partial charge on any atom is 0.346 e. The van der Waals surface area contributed by atoms with Gasteiger partial charge in [-0.25, -0.2) is 9.34 Å². The Labute approximate surface area is 79.4 Å². The molecule has 2 saturated heterocycles. The van der Waals surface area contributed by atoms with Crippen LogP contribution in [0.4, 0.5) is 0 Å². The average Bonchev–Trinajstić information content (AvgIpc) is 2.95. The Balaban J connectivity index is 1.85. The molecule has 0 bridgehead atoms. The van der Waals surface area contributed by atoms with Crippen LogP contribution in [-0.2, 0) is 9.09 Å². The Kier molecular flexibility index (Phi) is 2.75. The molecule has 76 valence electrons. The molecule has 0 amide bonds. The highest BCUT2D eigenvalue weighted by Gasteiger charge is 2.49. The Morgan fingerprint density at radius 1 is 1.23 bits per heavy atom. The SMILES string of the molecule is CCCCOP(=O)(N1CC1)N1CC1. The van der Waals surface area contributed by atoms with Crippen LogP contribution in [0.2, 0.25) is 0 Å². The molecule has 4 nitrogen and oxygen atoms in total. The van der Waals surface area contributed by atoms with Gasteiger partial charge in [-0.15, -0.1) is 0 Å². The summed E-state index contributed by atoms with van der Waals surface area (Å²) in [5.41, 5.74) is 0. The van der Waals surface area contributed by atoms with Crippen molar-refractivity contribution in [3.8, 4) is 0 Å². The third-order valence-electron chi connectivity index (χ3n) is 2.32. The van der Waals surface area contributed by atoms with E-state index < -0.39 is 7.67 Å². The third-order valence-corrected chi connectivity index (χ3v) is 5.07. The van der Waals surface area contributed by atoms with Gasteiger partial charge in [0.1, 0.15) is 0 Å². The van der Waals surface area contributed by atoms with Crippen molar-refractivity contribution in [3.63, 3.8) is 0 Å². The van der Waals surface area contributed by atoms with Gasteiger partial charge in [0.05, 0.1) is 6.61 Å². The lowest BCUT2D eigenvalue weighted by Gasteiger charge is -2.19. The molecule has 2 rings (SSSR count). The van der Waals surface area contributed by atoms with Gasteiger partial charge < -0.3 is 4.52 Å². The molecule has 0 aromatic rings. The van der Waals surface area contributed by atoms with Crippen LogP contribution in [0.5, 0.6) is 0 Å². The fourth-order valence-corrected chi connectivity index (χ4v) is 3.51. The van der Waals surface area contributed by atoms with E-state index in [1.54, 1.807) is 0 Å². The first-order valence-electron chi connectivity index (χ1n) is 5.03. The molecule has 2 fully saturated rings. The summed E-state index contributed by atoms with van der Waals surface area (Å²) >= 11 is 0. The highest BCUT2D eigenvalue weighted by molar-refractivity contribution is 7.54. The van der Waals surface area contributed by atoms with Gasteiger partial charge in [0.2, 0.25) is 0 Å². The second-order valence-electron chi connectivity index (χ2n) is 3.58. The van der Waals surface area contributed by atoms with Crippen LogP contribution in [0.3, 0.4) is 0 Å². The monoisotopic (exact) mass is 204 g/mol. The predicted octanol–water partition coefficient (Wildman–Crippen LogP) is 1.54. The number of unbranched alkanes of at least 4 members (excludes halogenated alkanes) is 1. The van der Waals surface area contributed by atoms with Gasteiger partial charge in [-0.2, -0.15) is 0 Å². The van der Waals surface area contributed by atoms with Gasteiger partial charge in [-0.05, 0) is 6.42 Å². The highest BCUT2D eigenvalue weighted by Crippen LogP contribution is 2.60. The number of hydrogen-bond donors (Lipinski definition) is 0. The first-order valence-corrected chi connectivity index (χ1v) is 6.56. The summed E-state index contributed by atoms with van der Waals surface area (Å²) in [6.07, 6.45) is 2.10. The van der Waals surface area contributed by atoms with E-state index in [0.29, 0.717) is 6.61 Å². The molecule has 13 heavy (non-hydrogen) atoms. The van der Waals surface area contributed by atoms with E-state index in [1.807, 2.05) is 9.34 Å². The van der Waals surface area contributed by atoms with Crippen LogP contribution in [0.15, 0.2) is 0 Å². The average molecular weight is 204 g/mol. The summed E-state index contributed by atoms with van der Waals surface area (Å²) in [6, 6.07) is 0. The fraction of sp³-hybridized carbons (Fsp3) is 1.00. The lowest BCUT2D eigenvalue weighted by molar-refractivity contribution is 0.268. The zero-order chi connectivity index (χ0) is 9.31. The second kappa shape index (κ2) is 3.70. The van der Waals surface area contributed by atoms with E-state index in [2.05, 4.69) is 6.92 Å². The Bertz CT molecular complexity index is 210. The predicted molar refractivity (Wildman–Crippen MR) is 51.6 cm³/mol. The molecule has 0 aromatic carbocycles. The van der Waals surface area contributed by atoms with Gasteiger partial charge in [-0.1, -0.05) is 13.3 Å². The zero-order valence-electron chi connectivity index (χ0n) is 8.11. The van der Waals surface area contributed by atoms with Gasteiger partial charge in [-0.3, -0.25) is 4.57 Å². The molecular formula is C8H17N2O2P. The van der Waals surface area contributed by atoms with Crippen molar-refractivity contribution in [1.82, 2.24) is 9.34 Å². The molecule has 2 aliphatic heterocycles. The fourth-order valence-electron chi connectivity index (χ4n) is 1.26. The van der Waals surface area contributed by atoms with Crippen LogP contribution in [0.1, 0.15) is 19.8 Å². The standard InChI is InChI=1S/C8H17N2O2P/c1-2-3-8-12-13(11,9-4-5-9)10-6-7-10/h2-8H2,1H3. The summed E-state index contributed by atoms with van der Waals surface area (Å²) in [4.78, 5) is 0. The van der Waals surface area contributed by atoms with Crippen molar-refractivity contribution >= 4 is 7.67 Å². The van der Waals surface area contributed by atoms with E-state index in [-0.39, 0.29) is 0 Å². The van der Waals surface area contributed by atoms with Crippen molar-refractivity contribution < 1.29 is 9.09 Å². The van der Waals surface area contributed by atoms with Crippen molar-refractivity contribution in [2.24, 2.45) is 0 Å². The third kappa shape index (κ3) is 2.13. The molecule has 2 heterocycles. The number of hydrogen-bond acceptors (Lipinski definition) is 2. The Morgan fingerprint density at radius 3 is 2.15 bits per heavy atom. The van der Waals surface area contributed by atoms with Crippen molar-refractivity contribution in [2.75, 3.05) is 32.8 Å². The summed E-state index contributed by atoms with van der Waals surface area (Å²) in [7, 11) is -2.50. The van der Waals surface area contributed by atoms with Crippen molar-refractivity contribution in [1.29, 1.82) is 0 Å². The molecule has 0 unspecified atom stereocenters.